The third-order valence-electron chi connectivity index (χ3n) is 3.15. The first-order valence-electron chi connectivity index (χ1n) is 6.00. The largest absolute Gasteiger partial charge is 0.465 e. The van der Waals surface area contributed by atoms with Crippen LogP contribution in [0.15, 0.2) is 18.3 Å². The van der Waals surface area contributed by atoms with Crippen LogP contribution >= 0.6 is 0 Å². The number of piperidine rings is 1. The van der Waals surface area contributed by atoms with Crippen molar-refractivity contribution < 1.29 is 9.53 Å². The first kappa shape index (κ1) is 11.9. The number of esters is 1. The fourth-order valence-corrected chi connectivity index (χ4v) is 2.21. The highest BCUT2D eigenvalue weighted by atomic mass is 16.5. The monoisotopic (exact) mass is 234 g/mol. The van der Waals surface area contributed by atoms with Gasteiger partial charge in [0.25, 0.3) is 0 Å². The first-order chi connectivity index (χ1) is 8.20. The Bertz CT molecular complexity index is 389. The zero-order chi connectivity index (χ0) is 12.3. The number of carbonyl (C=O) groups excluding carboxylic acids is 1. The zero-order valence-corrected chi connectivity index (χ0v) is 10.3. The van der Waals surface area contributed by atoms with Crippen molar-refractivity contribution in [1.82, 2.24) is 4.98 Å². The molecule has 2 rings (SSSR count). The molecule has 1 aromatic heterocycles. The van der Waals surface area contributed by atoms with E-state index in [1.54, 1.807) is 12.3 Å². The van der Waals surface area contributed by atoms with Gasteiger partial charge in [-0.1, -0.05) is 6.92 Å². The highest BCUT2D eigenvalue weighted by molar-refractivity contribution is 5.89. The Kier molecular flexibility index (Phi) is 3.61. The molecule has 0 aromatic carbocycles. The zero-order valence-electron chi connectivity index (χ0n) is 10.3. The van der Waals surface area contributed by atoms with Crippen molar-refractivity contribution in [3.05, 3.63) is 23.9 Å². The summed E-state index contributed by atoms with van der Waals surface area (Å²) in [5.74, 6) is 1.33. The molecule has 0 bridgehead atoms. The molecule has 4 nitrogen and oxygen atoms in total. The predicted octanol–water partition coefficient (Wildman–Crippen LogP) is 2.10. The van der Waals surface area contributed by atoms with Crippen LogP contribution in [0.25, 0.3) is 0 Å². The van der Waals surface area contributed by atoms with E-state index in [9.17, 15) is 4.79 Å². The molecule has 0 saturated carbocycles. The lowest BCUT2D eigenvalue weighted by atomic mass is 10.0. The molecule has 4 heteroatoms. The Morgan fingerprint density at radius 3 is 2.94 bits per heavy atom. The lowest BCUT2D eigenvalue weighted by Gasteiger charge is -2.31. The van der Waals surface area contributed by atoms with Gasteiger partial charge < -0.3 is 9.64 Å². The predicted molar refractivity (Wildman–Crippen MR) is 66.2 cm³/mol. The van der Waals surface area contributed by atoms with Crippen LogP contribution in [0, 0.1) is 5.92 Å². The van der Waals surface area contributed by atoms with Crippen molar-refractivity contribution in [1.29, 1.82) is 0 Å². The van der Waals surface area contributed by atoms with Gasteiger partial charge in [0.2, 0.25) is 0 Å². The quantitative estimate of drug-likeness (QED) is 0.735. The number of carbonyl (C=O) groups is 1. The summed E-state index contributed by atoms with van der Waals surface area (Å²) in [6.07, 6.45) is 4.08. The van der Waals surface area contributed by atoms with E-state index in [1.807, 2.05) is 6.07 Å². The van der Waals surface area contributed by atoms with Gasteiger partial charge in [0.1, 0.15) is 5.82 Å². The van der Waals surface area contributed by atoms with Gasteiger partial charge >= 0.3 is 5.97 Å². The highest BCUT2D eigenvalue weighted by Crippen LogP contribution is 2.21. The molecule has 1 fully saturated rings. The third kappa shape index (κ3) is 2.75. The second-order valence-electron chi connectivity index (χ2n) is 4.59. The normalized spacial score (nSPS) is 20.1. The molecule has 0 aliphatic carbocycles. The van der Waals surface area contributed by atoms with Gasteiger partial charge in [-0.25, -0.2) is 9.78 Å². The lowest BCUT2D eigenvalue weighted by Crippen LogP contribution is -2.34. The molecule has 92 valence electrons. The van der Waals surface area contributed by atoms with Crippen molar-refractivity contribution in [2.75, 3.05) is 25.1 Å². The molecule has 0 N–H and O–H groups in total. The molecule has 1 saturated heterocycles. The Labute approximate surface area is 102 Å². The van der Waals surface area contributed by atoms with Gasteiger partial charge in [-0.05, 0) is 30.9 Å². The fourth-order valence-electron chi connectivity index (χ4n) is 2.21. The van der Waals surface area contributed by atoms with Gasteiger partial charge in [0, 0.05) is 19.3 Å². The lowest BCUT2D eigenvalue weighted by molar-refractivity contribution is 0.0600. The molecule has 1 atom stereocenters. The molecule has 2 heterocycles. The van der Waals surface area contributed by atoms with Crippen LogP contribution in [-0.2, 0) is 4.74 Å². The number of rotatable bonds is 2. The van der Waals surface area contributed by atoms with E-state index in [0.29, 0.717) is 11.5 Å². The van der Waals surface area contributed by atoms with Crippen LogP contribution < -0.4 is 4.90 Å². The second-order valence-corrected chi connectivity index (χ2v) is 4.59. The van der Waals surface area contributed by atoms with Gasteiger partial charge in [-0.15, -0.1) is 0 Å². The minimum absolute atomic E-state index is 0.337. The van der Waals surface area contributed by atoms with Gasteiger partial charge in [0.15, 0.2) is 0 Å². The van der Waals surface area contributed by atoms with Crippen LogP contribution in [-0.4, -0.2) is 31.2 Å². The average molecular weight is 234 g/mol. The van der Waals surface area contributed by atoms with E-state index < -0.39 is 0 Å². The first-order valence-corrected chi connectivity index (χ1v) is 6.00. The molecule has 17 heavy (non-hydrogen) atoms. The summed E-state index contributed by atoms with van der Waals surface area (Å²) in [6, 6.07) is 3.66. The Hall–Kier alpha value is -1.58. The van der Waals surface area contributed by atoms with Crippen LogP contribution in [0.5, 0.6) is 0 Å². The number of nitrogens with zero attached hydrogens (tertiary/aromatic N) is 2. The molecule has 0 spiro atoms. The molecule has 0 unspecified atom stereocenters. The summed E-state index contributed by atoms with van der Waals surface area (Å²) < 4.78 is 4.65. The standard InChI is InChI=1S/C13H18N2O2/c1-10-4-3-7-15(9-10)12-6-5-11(8-14-12)13(16)17-2/h5-6,8,10H,3-4,7,9H2,1-2H3/t10-/m0/s1. The Morgan fingerprint density at radius 1 is 1.53 bits per heavy atom. The van der Waals surface area contributed by atoms with Crippen LogP contribution in [0.2, 0.25) is 0 Å². The molecule has 1 aromatic rings. The van der Waals surface area contributed by atoms with Gasteiger partial charge in [0.05, 0.1) is 12.7 Å². The van der Waals surface area contributed by atoms with Crippen molar-refractivity contribution in [3.63, 3.8) is 0 Å². The maximum atomic E-state index is 11.3. The number of pyridine rings is 1. The van der Waals surface area contributed by atoms with Gasteiger partial charge in [-0.3, -0.25) is 0 Å². The van der Waals surface area contributed by atoms with E-state index in [0.717, 1.165) is 18.9 Å². The van der Waals surface area contributed by atoms with E-state index >= 15 is 0 Å². The second kappa shape index (κ2) is 5.17. The van der Waals surface area contributed by atoms with Crippen molar-refractivity contribution in [2.24, 2.45) is 5.92 Å². The Balaban J connectivity index is 2.09. The number of anilines is 1. The summed E-state index contributed by atoms with van der Waals surface area (Å²) in [6.45, 7) is 4.36. The molecule has 0 radical (unpaired) electrons. The summed E-state index contributed by atoms with van der Waals surface area (Å²) >= 11 is 0. The van der Waals surface area contributed by atoms with Gasteiger partial charge in [-0.2, -0.15) is 0 Å². The summed E-state index contributed by atoms with van der Waals surface area (Å²) in [5.41, 5.74) is 0.501. The van der Waals surface area contributed by atoms with Crippen LogP contribution in [0.4, 0.5) is 5.82 Å². The number of hydrogen-bond acceptors (Lipinski definition) is 4. The minimum Gasteiger partial charge on any atom is -0.465 e. The smallest absolute Gasteiger partial charge is 0.339 e. The molecule has 1 aliphatic rings. The fraction of sp³-hybridized carbons (Fsp3) is 0.538. The molecule has 1 aliphatic heterocycles. The van der Waals surface area contributed by atoms with E-state index in [4.69, 9.17) is 0 Å². The topological polar surface area (TPSA) is 42.4 Å². The number of ether oxygens (including phenoxy) is 1. The maximum absolute atomic E-state index is 11.3. The summed E-state index contributed by atoms with van der Waals surface area (Å²) in [5, 5.41) is 0. The highest BCUT2D eigenvalue weighted by Gasteiger charge is 2.17. The summed E-state index contributed by atoms with van der Waals surface area (Å²) in [4.78, 5) is 17.9. The average Bonchev–Trinajstić information content (AvgIpc) is 2.38. The molecular weight excluding hydrogens is 216 g/mol. The number of aromatic nitrogens is 1. The van der Waals surface area contributed by atoms with Crippen LogP contribution in [0.3, 0.4) is 0 Å². The van der Waals surface area contributed by atoms with E-state index in [-0.39, 0.29) is 5.97 Å². The number of methoxy groups -OCH3 is 1. The SMILES string of the molecule is COC(=O)c1ccc(N2CCC[C@H](C)C2)nc1. The number of hydrogen-bond donors (Lipinski definition) is 0. The minimum atomic E-state index is -0.337. The summed E-state index contributed by atoms with van der Waals surface area (Å²) in [7, 11) is 1.38. The van der Waals surface area contributed by atoms with Crippen molar-refractivity contribution >= 4 is 11.8 Å². The van der Waals surface area contributed by atoms with Crippen molar-refractivity contribution in [3.8, 4) is 0 Å². The Morgan fingerprint density at radius 2 is 2.35 bits per heavy atom. The molecule has 0 amide bonds. The molecular formula is C13H18N2O2. The van der Waals surface area contributed by atoms with Crippen LogP contribution in [0.1, 0.15) is 30.1 Å². The van der Waals surface area contributed by atoms with Crippen molar-refractivity contribution in [2.45, 2.75) is 19.8 Å². The van der Waals surface area contributed by atoms with E-state index in [1.165, 1.54) is 20.0 Å². The maximum Gasteiger partial charge on any atom is 0.339 e. The van der Waals surface area contributed by atoms with E-state index in [2.05, 4.69) is 21.5 Å². The third-order valence-corrected chi connectivity index (χ3v) is 3.15.